The summed E-state index contributed by atoms with van der Waals surface area (Å²) < 4.78 is 0. The fourth-order valence-electron chi connectivity index (χ4n) is 2.47. The Morgan fingerprint density at radius 3 is 2.75 bits per heavy atom. The normalized spacial score (nSPS) is 11.6. The molecule has 0 bridgehead atoms. The average Bonchev–Trinajstić information content (AvgIpc) is 2.37. The van der Waals surface area contributed by atoms with E-state index in [2.05, 4.69) is 31.1 Å². The maximum atomic E-state index is 11.1. The van der Waals surface area contributed by atoms with Gasteiger partial charge in [0.15, 0.2) is 0 Å². The lowest BCUT2D eigenvalue weighted by molar-refractivity contribution is -0.383. The highest BCUT2D eigenvalue weighted by Crippen LogP contribution is 2.30. The molecule has 0 unspecified atom stereocenters. The second kappa shape index (κ2) is 5.45. The van der Waals surface area contributed by atoms with E-state index in [1.165, 1.54) is 6.07 Å². The van der Waals surface area contributed by atoms with Gasteiger partial charge in [0.25, 0.3) is 5.69 Å². The molecular formula is C15H19N3O2. The smallest absolute Gasteiger partial charge is 0.295 e. The van der Waals surface area contributed by atoms with Crippen LogP contribution in [0.2, 0.25) is 0 Å². The molecule has 1 aromatic carbocycles. The first kappa shape index (κ1) is 14.2. The summed E-state index contributed by atoms with van der Waals surface area (Å²) in [6, 6.07) is 6.90. The van der Waals surface area contributed by atoms with Gasteiger partial charge in [-0.1, -0.05) is 25.5 Å². The zero-order valence-electron chi connectivity index (χ0n) is 12.0. The van der Waals surface area contributed by atoms with Gasteiger partial charge >= 0.3 is 0 Å². The molecule has 2 aromatic rings. The first-order valence-corrected chi connectivity index (χ1v) is 6.75. The van der Waals surface area contributed by atoms with Crippen LogP contribution in [-0.2, 0) is 0 Å². The number of para-hydroxylation sites is 1. The number of nitrogens with zero attached hydrogens (tertiary/aromatic N) is 2. The molecule has 1 aromatic heterocycles. The van der Waals surface area contributed by atoms with Crippen molar-refractivity contribution in [1.82, 2.24) is 4.98 Å². The van der Waals surface area contributed by atoms with Crippen LogP contribution in [-0.4, -0.2) is 15.4 Å². The Morgan fingerprint density at radius 2 is 2.10 bits per heavy atom. The van der Waals surface area contributed by atoms with E-state index < -0.39 is 4.92 Å². The molecule has 106 valence electrons. The van der Waals surface area contributed by atoms with Crippen LogP contribution in [0.3, 0.4) is 0 Å². The average molecular weight is 273 g/mol. The van der Waals surface area contributed by atoms with Crippen molar-refractivity contribution in [1.29, 1.82) is 0 Å². The maximum absolute atomic E-state index is 11.1. The van der Waals surface area contributed by atoms with Gasteiger partial charge in [0.2, 0.25) is 0 Å². The number of rotatable bonds is 5. The van der Waals surface area contributed by atoms with Crippen LogP contribution < -0.4 is 5.32 Å². The van der Waals surface area contributed by atoms with Crippen molar-refractivity contribution >= 4 is 22.3 Å². The molecule has 0 radical (unpaired) electrons. The largest absolute Gasteiger partial charge is 0.380 e. The van der Waals surface area contributed by atoms with Crippen LogP contribution in [0.15, 0.2) is 30.5 Å². The third-order valence-electron chi connectivity index (χ3n) is 3.29. The first-order chi connectivity index (χ1) is 9.44. The van der Waals surface area contributed by atoms with Crippen LogP contribution >= 0.6 is 0 Å². The monoisotopic (exact) mass is 273 g/mol. The molecule has 20 heavy (non-hydrogen) atoms. The number of hydrogen-bond donors (Lipinski definition) is 1. The Labute approximate surface area is 118 Å². The molecule has 0 saturated carbocycles. The van der Waals surface area contributed by atoms with Gasteiger partial charge in [0, 0.05) is 28.9 Å². The number of benzene rings is 1. The minimum Gasteiger partial charge on any atom is -0.380 e. The number of aromatic nitrogens is 1. The highest BCUT2D eigenvalue weighted by molar-refractivity contribution is 5.96. The number of nitro benzene ring substituents is 1. The number of hydrogen-bond acceptors (Lipinski definition) is 4. The predicted molar refractivity (Wildman–Crippen MR) is 81.0 cm³/mol. The Bertz CT molecular complexity index is 638. The summed E-state index contributed by atoms with van der Waals surface area (Å²) in [5.74, 6) is 0. The molecular weight excluding hydrogens is 254 g/mol. The molecule has 1 N–H and O–H groups in total. The SMILES string of the molecule is CCCC(C)(C)Nc1ccnc2c([N+](=O)[O-])cccc12. The molecule has 0 amide bonds. The van der Waals surface area contributed by atoms with Crippen LogP contribution in [0.5, 0.6) is 0 Å². The van der Waals surface area contributed by atoms with Gasteiger partial charge < -0.3 is 5.32 Å². The van der Waals surface area contributed by atoms with Crippen molar-refractivity contribution in [3.05, 3.63) is 40.6 Å². The number of pyridine rings is 1. The number of nitro groups is 1. The summed E-state index contributed by atoms with van der Waals surface area (Å²) in [5, 5.41) is 15.3. The van der Waals surface area contributed by atoms with Crippen molar-refractivity contribution in [3.8, 4) is 0 Å². The van der Waals surface area contributed by atoms with E-state index in [1.54, 1.807) is 12.3 Å². The van der Waals surface area contributed by atoms with Crippen LogP contribution in [0.1, 0.15) is 33.6 Å². The molecule has 0 atom stereocenters. The van der Waals surface area contributed by atoms with Crippen molar-refractivity contribution in [3.63, 3.8) is 0 Å². The summed E-state index contributed by atoms with van der Waals surface area (Å²) in [6.45, 7) is 6.39. The molecule has 0 saturated heterocycles. The number of anilines is 1. The molecule has 5 nitrogen and oxygen atoms in total. The highest BCUT2D eigenvalue weighted by Gasteiger charge is 2.19. The Hall–Kier alpha value is -2.17. The molecule has 5 heteroatoms. The summed E-state index contributed by atoms with van der Waals surface area (Å²) in [4.78, 5) is 14.8. The van der Waals surface area contributed by atoms with E-state index in [-0.39, 0.29) is 11.2 Å². The third-order valence-corrected chi connectivity index (χ3v) is 3.29. The predicted octanol–water partition coefficient (Wildman–Crippen LogP) is 4.13. The summed E-state index contributed by atoms with van der Waals surface area (Å²) in [6.07, 6.45) is 3.70. The Kier molecular flexibility index (Phi) is 3.88. The highest BCUT2D eigenvalue weighted by atomic mass is 16.6. The van der Waals surface area contributed by atoms with Gasteiger partial charge in [-0.05, 0) is 26.3 Å². The van der Waals surface area contributed by atoms with E-state index in [4.69, 9.17) is 0 Å². The minimum atomic E-state index is -0.393. The first-order valence-electron chi connectivity index (χ1n) is 6.75. The lowest BCUT2D eigenvalue weighted by Crippen LogP contribution is -2.30. The van der Waals surface area contributed by atoms with Crippen molar-refractivity contribution in [2.75, 3.05) is 5.32 Å². The van der Waals surface area contributed by atoms with Gasteiger partial charge in [0.1, 0.15) is 5.52 Å². The lowest BCUT2D eigenvalue weighted by Gasteiger charge is -2.27. The number of fused-ring (bicyclic) bond motifs is 1. The second-order valence-corrected chi connectivity index (χ2v) is 5.55. The van der Waals surface area contributed by atoms with Crippen LogP contribution in [0, 0.1) is 10.1 Å². The second-order valence-electron chi connectivity index (χ2n) is 5.55. The minimum absolute atomic E-state index is 0.0412. The van der Waals surface area contributed by atoms with Crippen molar-refractivity contribution in [2.24, 2.45) is 0 Å². The molecule has 1 heterocycles. The van der Waals surface area contributed by atoms with E-state index in [1.807, 2.05) is 12.1 Å². The van der Waals surface area contributed by atoms with Gasteiger partial charge in [-0.3, -0.25) is 10.1 Å². The molecule has 2 rings (SSSR count). The topological polar surface area (TPSA) is 68.1 Å². The van der Waals surface area contributed by atoms with Gasteiger partial charge in [0.05, 0.1) is 4.92 Å². The quantitative estimate of drug-likeness (QED) is 0.656. The lowest BCUT2D eigenvalue weighted by atomic mass is 9.98. The van der Waals surface area contributed by atoms with Gasteiger partial charge in [-0.25, -0.2) is 4.98 Å². The van der Waals surface area contributed by atoms with E-state index in [9.17, 15) is 10.1 Å². The van der Waals surface area contributed by atoms with Crippen LogP contribution in [0.4, 0.5) is 11.4 Å². The summed E-state index contributed by atoms with van der Waals surface area (Å²) in [5.41, 5.74) is 1.29. The third kappa shape index (κ3) is 2.87. The van der Waals surface area contributed by atoms with E-state index in [0.717, 1.165) is 23.9 Å². The van der Waals surface area contributed by atoms with Gasteiger partial charge in [-0.15, -0.1) is 0 Å². The summed E-state index contributed by atoms with van der Waals surface area (Å²) >= 11 is 0. The Balaban J connectivity index is 2.50. The molecule has 0 fully saturated rings. The molecule has 0 spiro atoms. The van der Waals surface area contributed by atoms with Gasteiger partial charge in [-0.2, -0.15) is 0 Å². The van der Waals surface area contributed by atoms with Crippen molar-refractivity contribution in [2.45, 2.75) is 39.2 Å². The zero-order valence-corrected chi connectivity index (χ0v) is 12.0. The number of nitrogens with one attached hydrogen (secondary N) is 1. The molecule has 0 aliphatic rings. The standard InChI is InChI=1S/C15H19N3O2/c1-4-9-15(2,3)17-12-8-10-16-14-11(12)6-5-7-13(14)18(19)20/h5-8,10H,4,9H2,1-3H3,(H,16,17). The zero-order chi connectivity index (χ0) is 14.8. The van der Waals surface area contributed by atoms with E-state index in [0.29, 0.717) is 5.52 Å². The summed E-state index contributed by atoms with van der Waals surface area (Å²) in [7, 11) is 0. The molecule has 0 aliphatic carbocycles. The fourth-order valence-corrected chi connectivity index (χ4v) is 2.47. The number of non-ortho nitro benzene ring substituents is 1. The van der Waals surface area contributed by atoms with Crippen molar-refractivity contribution < 1.29 is 4.92 Å². The van der Waals surface area contributed by atoms with Crippen LogP contribution in [0.25, 0.3) is 10.9 Å². The fraction of sp³-hybridized carbons (Fsp3) is 0.400. The maximum Gasteiger partial charge on any atom is 0.295 e. The Morgan fingerprint density at radius 1 is 1.35 bits per heavy atom. The van der Waals surface area contributed by atoms with E-state index >= 15 is 0 Å². The molecule has 0 aliphatic heterocycles.